The molecule has 0 aliphatic heterocycles. The molecule has 0 aliphatic carbocycles. The lowest BCUT2D eigenvalue weighted by molar-refractivity contribution is 0.437. The number of aromatic nitrogens is 1. The Hall–Kier alpha value is -0.850. The molecule has 0 fully saturated rings. The summed E-state index contributed by atoms with van der Waals surface area (Å²) in [4.78, 5) is 0.338. The largest absolute Gasteiger partial charge is 0.352 e. The third-order valence-corrected chi connectivity index (χ3v) is 5.09. The average molecular weight is 315 g/mol. The quantitative estimate of drug-likeness (QED) is 0.773. The van der Waals surface area contributed by atoms with E-state index in [1.165, 1.54) is 0 Å². The Bertz CT molecular complexity index is 547. The molecule has 0 aromatic carbocycles. The molecule has 0 aliphatic rings. The summed E-state index contributed by atoms with van der Waals surface area (Å²) in [6, 6.07) is 2.07. The van der Waals surface area contributed by atoms with Crippen LogP contribution in [-0.2, 0) is 23.6 Å². The van der Waals surface area contributed by atoms with Crippen LogP contribution in [0.2, 0.25) is 0 Å². The standard InChI is InChI=1S/C15H29N3O2S/c1-7-15(11(2)3)17-21(19,20)14-8-13(18(6)10-14)9-16-12(4)5/h8,10-12,15-17H,7,9H2,1-6H3. The lowest BCUT2D eigenvalue weighted by atomic mass is 10.0. The molecule has 1 unspecified atom stereocenters. The minimum atomic E-state index is -3.46. The van der Waals surface area contributed by atoms with Gasteiger partial charge in [0.25, 0.3) is 0 Å². The van der Waals surface area contributed by atoms with Gasteiger partial charge in [-0.05, 0) is 18.4 Å². The number of sulfonamides is 1. The van der Waals surface area contributed by atoms with Gasteiger partial charge < -0.3 is 9.88 Å². The second-order valence-electron chi connectivity index (χ2n) is 6.19. The van der Waals surface area contributed by atoms with Crippen LogP contribution >= 0.6 is 0 Å². The van der Waals surface area contributed by atoms with Gasteiger partial charge in [-0.25, -0.2) is 13.1 Å². The first kappa shape index (κ1) is 18.2. The molecule has 0 saturated heterocycles. The maximum Gasteiger partial charge on any atom is 0.242 e. The monoisotopic (exact) mass is 315 g/mol. The Kier molecular flexibility index (Phi) is 6.43. The van der Waals surface area contributed by atoms with Crippen molar-refractivity contribution >= 4 is 10.0 Å². The lowest BCUT2D eigenvalue weighted by Crippen LogP contribution is -2.37. The van der Waals surface area contributed by atoms with Gasteiger partial charge in [-0.3, -0.25) is 0 Å². The summed E-state index contributed by atoms with van der Waals surface area (Å²) in [5.41, 5.74) is 0.960. The van der Waals surface area contributed by atoms with Crippen molar-refractivity contribution in [1.29, 1.82) is 0 Å². The second-order valence-corrected chi connectivity index (χ2v) is 7.91. The molecule has 122 valence electrons. The van der Waals surface area contributed by atoms with E-state index in [1.54, 1.807) is 12.3 Å². The highest BCUT2D eigenvalue weighted by atomic mass is 32.2. The molecular weight excluding hydrogens is 286 g/mol. The van der Waals surface area contributed by atoms with Gasteiger partial charge in [-0.15, -0.1) is 0 Å². The van der Waals surface area contributed by atoms with Crippen molar-refractivity contribution < 1.29 is 8.42 Å². The van der Waals surface area contributed by atoms with Crippen LogP contribution in [0, 0.1) is 5.92 Å². The summed E-state index contributed by atoms with van der Waals surface area (Å²) in [5, 5.41) is 3.30. The van der Waals surface area contributed by atoms with Crippen LogP contribution in [0.1, 0.15) is 46.7 Å². The summed E-state index contributed by atoms with van der Waals surface area (Å²) in [6.45, 7) is 10.8. The fourth-order valence-corrected chi connectivity index (χ4v) is 3.73. The van der Waals surface area contributed by atoms with Crippen LogP contribution in [0.15, 0.2) is 17.2 Å². The van der Waals surface area contributed by atoms with Crippen molar-refractivity contribution in [2.45, 2.75) is 64.6 Å². The van der Waals surface area contributed by atoms with E-state index < -0.39 is 10.0 Å². The van der Waals surface area contributed by atoms with E-state index in [4.69, 9.17) is 0 Å². The van der Waals surface area contributed by atoms with E-state index >= 15 is 0 Å². The number of nitrogens with one attached hydrogen (secondary N) is 2. The van der Waals surface area contributed by atoms with Gasteiger partial charge >= 0.3 is 0 Å². The van der Waals surface area contributed by atoms with Gasteiger partial charge in [0, 0.05) is 37.6 Å². The Morgan fingerprint density at radius 3 is 2.33 bits per heavy atom. The number of nitrogens with zero attached hydrogens (tertiary/aromatic N) is 1. The highest BCUT2D eigenvalue weighted by Gasteiger charge is 2.23. The molecule has 1 rings (SSSR count). The van der Waals surface area contributed by atoms with Gasteiger partial charge in [0.1, 0.15) is 0 Å². The molecule has 1 heterocycles. The zero-order valence-corrected chi connectivity index (χ0v) is 14.8. The van der Waals surface area contributed by atoms with Crippen molar-refractivity contribution in [2.24, 2.45) is 13.0 Å². The summed E-state index contributed by atoms with van der Waals surface area (Å²) < 4.78 is 29.6. The first-order valence-electron chi connectivity index (χ1n) is 7.58. The van der Waals surface area contributed by atoms with Gasteiger partial charge in [0.05, 0.1) is 4.90 Å². The molecule has 0 amide bonds. The van der Waals surface area contributed by atoms with E-state index in [1.807, 2.05) is 32.4 Å². The highest BCUT2D eigenvalue weighted by molar-refractivity contribution is 7.89. The van der Waals surface area contributed by atoms with E-state index in [9.17, 15) is 8.42 Å². The van der Waals surface area contributed by atoms with Crippen molar-refractivity contribution in [1.82, 2.24) is 14.6 Å². The Morgan fingerprint density at radius 2 is 1.86 bits per heavy atom. The zero-order valence-electron chi connectivity index (χ0n) is 14.0. The first-order valence-corrected chi connectivity index (χ1v) is 9.06. The van der Waals surface area contributed by atoms with Gasteiger partial charge in [-0.1, -0.05) is 34.6 Å². The predicted octanol–water partition coefficient (Wildman–Crippen LogP) is 2.24. The van der Waals surface area contributed by atoms with Crippen molar-refractivity contribution in [3.05, 3.63) is 18.0 Å². The number of hydrogen-bond donors (Lipinski definition) is 2. The summed E-state index contributed by atoms with van der Waals surface area (Å²) in [6.07, 6.45) is 2.46. The molecule has 0 radical (unpaired) electrons. The van der Waals surface area contributed by atoms with Gasteiger partial charge in [-0.2, -0.15) is 0 Å². The fraction of sp³-hybridized carbons (Fsp3) is 0.733. The van der Waals surface area contributed by atoms with Crippen molar-refractivity contribution in [3.63, 3.8) is 0 Å². The van der Waals surface area contributed by atoms with Crippen LogP contribution < -0.4 is 10.0 Å². The minimum absolute atomic E-state index is 0.0348. The highest BCUT2D eigenvalue weighted by Crippen LogP contribution is 2.16. The molecule has 1 aromatic rings. The molecule has 1 atom stereocenters. The lowest BCUT2D eigenvalue weighted by Gasteiger charge is -2.20. The van der Waals surface area contributed by atoms with E-state index in [0.717, 1.165) is 12.1 Å². The molecular formula is C15H29N3O2S. The molecule has 0 saturated carbocycles. The SMILES string of the molecule is CCC(NS(=O)(=O)c1cc(CNC(C)C)n(C)c1)C(C)C. The second kappa shape index (κ2) is 7.42. The molecule has 1 aromatic heterocycles. The van der Waals surface area contributed by atoms with Crippen LogP contribution in [0.25, 0.3) is 0 Å². The van der Waals surface area contributed by atoms with Crippen molar-refractivity contribution in [2.75, 3.05) is 0 Å². The summed E-state index contributed by atoms with van der Waals surface area (Å²) in [5.74, 6) is 0.274. The molecule has 2 N–H and O–H groups in total. The fourth-order valence-electron chi connectivity index (χ4n) is 2.17. The van der Waals surface area contributed by atoms with Gasteiger partial charge in [0.15, 0.2) is 0 Å². The maximum atomic E-state index is 12.5. The molecule has 5 nitrogen and oxygen atoms in total. The average Bonchev–Trinajstić information content (AvgIpc) is 2.75. The molecule has 0 spiro atoms. The molecule has 21 heavy (non-hydrogen) atoms. The van der Waals surface area contributed by atoms with Crippen molar-refractivity contribution in [3.8, 4) is 0 Å². The minimum Gasteiger partial charge on any atom is -0.352 e. The van der Waals surface area contributed by atoms with E-state index in [0.29, 0.717) is 17.5 Å². The first-order chi connectivity index (χ1) is 9.67. The third-order valence-electron chi connectivity index (χ3n) is 3.64. The maximum absolute atomic E-state index is 12.5. The molecule has 6 heteroatoms. The predicted molar refractivity (Wildman–Crippen MR) is 86.6 cm³/mol. The Balaban J connectivity index is 2.91. The zero-order chi connectivity index (χ0) is 16.2. The Morgan fingerprint density at radius 1 is 1.24 bits per heavy atom. The van der Waals surface area contributed by atoms with Crippen LogP contribution in [0.3, 0.4) is 0 Å². The van der Waals surface area contributed by atoms with Gasteiger partial charge in [0.2, 0.25) is 10.0 Å². The topological polar surface area (TPSA) is 63.1 Å². The van der Waals surface area contributed by atoms with E-state index in [-0.39, 0.29) is 12.0 Å². The number of hydrogen-bond acceptors (Lipinski definition) is 3. The Labute approximate surface area is 129 Å². The normalized spacial score (nSPS) is 14.1. The van der Waals surface area contributed by atoms with Crippen LogP contribution in [0.5, 0.6) is 0 Å². The van der Waals surface area contributed by atoms with E-state index in [2.05, 4.69) is 23.9 Å². The molecule has 0 bridgehead atoms. The smallest absolute Gasteiger partial charge is 0.242 e. The van der Waals surface area contributed by atoms with Crippen LogP contribution in [-0.4, -0.2) is 25.1 Å². The third kappa shape index (κ3) is 5.13. The summed E-state index contributed by atoms with van der Waals surface area (Å²) >= 11 is 0. The number of rotatable bonds is 8. The van der Waals surface area contributed by atoms with Crippen LogP contribution in [0.4, 0.5) is 0 Å². The summed E-state index contributed by atoms with van der Waals surface area (Å²) in [7, 11) is -1.58. The number of aryl methyl sites for hydroxylation is 1.